The van der Waals surface area contributed by atoms with Crippen LogP contribution in [0.2, 0.25) is 0 Å². The molecule has 0 aliphatic rings. The summed E-state index contributed by atoms with van der Waals surface area (Å²) in [5.41, 5.74) is 2.54. The maximum absolute atomic E-state index is 11.6. The molecular weight excluding hydrogens is 242 g/mol. The topological polar surface area (TPSA) is 20.3 Å². The quantitative estimate of drug-likeness (QED) is 0.783. The fourth-order valence-electron chi connectivity index (χ4n) is 1.90. The third kappa shape index (κ3) is 5.13. The van der Waals surface area contributed by atoms with E-state index in [4.69, 9.17) is 0 Å². The molecule has 1 aromatic carbocycles. The van der Waals surface area contributed by atoms with E-state index in [0.29, 0.717) is 24.6 Å². The summed E-state index contributed by atoms with van der Waals surface area (Å²) >= 11 is 4.08. The average Bonchev–Trinajstić information content (AvgIpc) is 2.31. The first-order valence-electron chi connectivity index (χ1n) is 6.45. The summed E-state index contributed by atoms with van der Waals surface area (Å²) in [6.07, 6.45) is 1.61. The van der Waals surface area contributed by atoms with Crippen LogP contribution in [0, 0.1) is 5.92 Å². The van der Waals surface area contributed by atoms with Crippen molar-refractivity contribution in [3.63, 3.8) is 0 Å². The lowest BCUT2D eigenvalue weighted by molar-refractivity contribution is -0.129. The van der Waals surface area contributed by atoms with Crippen LogP contribution in [0.4, 0.5) is 0 Å². The van der Waals surface area contributed by atoms with E-state index in [1.54, 1.807) is 4.90 Å². The van der Waals surface area contributed by atoms with Crippen LogP contribution < -0.4 is 0 Å². The highest BCUT2D eigenvalue weighted by Crippen LogP contribution is 2.11. The molecule has 1 amide bonds. The molecule has 1 aromatic rings. The van der Waals surface area contributed by atoms with Crippen molar-refractivity contribution in [2.75, 3.05) is 12.8 Å². The predicted molar refractivity (Wildman–Crippen MR) is 79.9 cm³/mol. The molecule has 0 saturated heterocycles. The van der Waals surface area contributed by atoms with Crippen molar-refractivity contribution in [2.45, 2.75) is 33.2 Å². The van der Waals surface area contributed by atoms with E-state index in [1.807, 2.05) is 7.05 Å². The zero-order valence-electron chi connectivity index (χ0n) is 11.5. The lowest BCUT2D eigenvalue weighted by atomic mass is 10.0. The van der Waals surface area contributed by atoms with Crippen LogP contribution >= 0.6 is 12.6 Å². The summed E-state index contributed by atoms with van der Waals surface area (Å²) in [5.74, 6) is 1.43. The van der Waals surface area contributed by atoms with Crippen LogP contribution in [0.5, 0.6) is 0 Å². The van der Waals surface area contributed by atoms with Gasteiger partial charge < -0.3 is 4.90 Å². The summed E-state index contributed by atoms with van der Waals surface area (Å²) in [7, 11) is 1.84. The number of hydrogen-bond acceptors (Lipinski definition) is 2. The Kier molecular flexibility index (Phi) is 6.27. The SMILES string of the molecule is CC(C)Cc1ccc(CN(C)C(=O)CCS)cc1. The summed E-state index contributed by atoms with van der Waals surface area (Å²) in [6.45, 7) is 5.12. The zero-order valence-corrected chi connectivity index (χ0v) is 12.4. The van der Waals surface area contributed by atoms with Crippen molar-refractivity contribution in [3.05, 3.63) is 35.4 Å². The summed E-state index contributed by atoms with van der Waals surface area (Å²) in [4.78, 5) is 13.4. The molecule has 3 heteroatoms. The van der Waals surface area contributed by atoms with Gasteiger partial charge in [-0.15, -0.1) is 0 Å². The van der Waals surface area contributed by atoms with Crippen LogP contribution in [0.1, 0.15) is 31.4 Å². The normalized spacial score (nSPS) is 10.7. The molecule has 0 aliphatic carbocycles. The Morgan fingerprint density at radius 3 is 2.28 bits per heavy atom. The number of nitrogens with zero attached hydrogens (tertiary/aromatic N) is 1. The van der Waals surface area contributed by atoms with Gasteiger partial charge in [0.1, 0.15) is 0 Å². The van der Waals surface area contributed by atoms with E-state index >= 15 is 0 Å². The molecule has 1 rings (SSSR count). The summed E-state index contributed by atoms with van der Waals surface area (Å²) < 4.78 is 0. The van der Waals surface area contributed by atoms with Gasteiger partial charge in [0.15, 0.2) is 0 Å². The molecule has 2 nitrogen and oxygen atoms in total. The van der Waals surface area contributed by atoms with Crippen LogP contribution in [-0.2, 0) is 17.8 Å². The Labute approximate surface area is 116 Å². The fourth-order valence-corrected chi connectivity index (χ4v) is 2.09. The second kappa shape index (κ2) is 7.47. The Balaban J connectivity index is 2.55. The first-order chi connectivity index (χ1) is 8.52. The molecule has 0 radical (unpaired) electrons. The minimum Gasteiger partial charge on any atom is -0.341 e. The molecule has 0 spiro atoms. The first kappa shape index (κ1) is 15.1. The van der Waals surface area contributed by atoms with Gasteiger partial charge in [0.2, 0.25) is 5.91 Å². The molecule has 0 aromatic heterocycles. The Hall–Kier alpha value is -0.960. The fraction of sp³-hybridized carbons (Fsp3) is 0.533. The van der Waals surface area contributed by atoms with E-state index in [2.05, 4.69) is 50.7 Å². The highest BCUT2D eigenvalue weighted by atomic mass is 32.1. The molecule has 18 heavy (non-hydrogen) atoms. The highest BCUT2D eigenvalue weighted by molar-refractivity contribution is 7.80. The molecule has 0 bridgehead atoms. The molecular formula is C15H23NOS. The molecule has 0 unspecified atom stereocenters. The van der Waals surface area contributed by atoms with Gasteiger partial charge in [-0.3, -0.25) is 4.79 Å². The van der Waals surface area contributed by atoms with Crippen molar-refractivity contribution in [1.82, 2.24) is 4.90 Å². The monoisotopic (exact) mass is 265 g/mol. The minimum atomic E-state index is 0.149. The predicted octanol–water partition coefficient (Wildman–Crippen LogP) is 3.16. The molecule has 0 atom stereocenters. The van der Waals surface area contributed by atoms with Crippen LogP contribution in [0.25, 0.3) is 0 Å². The van der Waals surface area contributed by atoms with Crippen molar-refractivity contribution in [3.8, 4) is 0 Å². The summed E-state index contributed by atoms with van der Waals surface area (Å²) in [6, 6.07) is 8.54. The largest absolute Gasteiger partial charge is 0.341 e. The Morgan fingerprint density at radius 2 is 1.78 bits per heavy atom. The first-order valence-corrected chi connectivity index (χ1v) is 7.08. The van der Waals surface area contributed by atoms with Gasteiger partial charge in [0.25, 0.3) is 0 Å². The number of rotatable bonds is 6. The van der Waals surface area contributed by atoms with Crippen molar-refractivity contribution in [2.24, 2.45) is 5.92 Å². The second-order valence-corrected chi connectivity index (χ2v) is 5.59. The number of hydrogen-bond donors (Lipinski definition) is 1. The Morgan fingerprint density at radius 1 is 1.22 bits per heavy atom. The van der Waals surface area contributed by atoms with E-state index in [9.17, 15) is 4.79 Å². The van der Waals surface area contributed by atoms with E-state index in [0.717, 1.165) is 6.42 Å². The number of amides is 1. The lowest BCUT2D eigenvalue weighted by Gasteiger charge is -2.17. The van der Waals surface area contributed by atoms with E-state index in [-0.39, 0.29) is 5.91 Å². The number of carbonyl (C=O) groups is 1. The standard InChI is InChI=1S/C15H23NOS/c1-12(2)10-13-4-6-14(7-5-13)11-16(3)15(17)8-9-18/h4-7,12,18H,8-11H2,1-3H3. The molecule has 0 aliphatic heterocycles. The maximum atomic E-state index is 11.6. The van der Waals surface area contributed by atoms with Crippen LogP contribution in [-0.4, -0.2) is 23.6 Å². The van der Waals surface area contributed by atoms with E-state index < -0.39 is 0 Å². The van der Waals surface area contributed by atoms with Gasteiger partial charge in [-0.2, -0.15) is 12.6 Å². The molecule has 0 N–H and O–H groups in total. The van der Waals surface area contributed by atoms with Gasteiger partial charge >= 0.3 is 0 Å². The Bertz CT molecular complexity index is 373. The van der Waals surface area contributed by atoms with Crippen LogP contribution in [0.15, 0.2) is 24.3 Å². The van der Waals surface area contributed by atoms with Gasteiger partial charge in [0.05, 0.1) is 0 Å². The average molecular weight is 265 g/mol. The maximum Gasteiger partial charge on any atom is 0.223 e. The van der Waals surface area contributed by atoms with Gasteiger partial charge in [-0.1, -0.05) is 38.1 Å². The summed E-state index contributed by atoms with van der Waals surface area (Å²) in [5, 5.41) is 0. The number of benzene rings is 1. The second-order valence-electron chi connectivity index (χ2n) is 5.14. The molecule has 0 fully saturated rings. The molecule has 100 valence electrons. The minimum absolute atomic E-state index is 0.149. The van der Waals surface area contributed by atoms with Gasteiger partial charge in [-0.05, 0) is 29.2 Å². The van der Waals surface area contributed by atoms with Crippen molar-refractivity contribution >= 4 is 18.5 Å². The third-order valence-electron chi connectivity index (χ3n) is 2.84. The zero-order chi connectivity index (χ0) is 13.5. The van der Waals surface area contributed by atoms with Gasteiger partial charge in [-0.25, -0.2) is 0 Å². The highest BCUT2D eigenvalue weighted by Gasteiger charge is 2.08. The smallest absolute Gasteiger partial charge is 0.223 e. The third-order valence-corrected chi connectivity index (χ3v) is 3.06. The lowest BCUT2D eigenvalue weighted by Crippen LogP contribution is -2.26. The molecule has 0 heterocycles. The number of carbonyl (C=O) groups excluding carboxylic acids is 1. The van der Waals surface area contributed by atoms with Gasteiger partial charge in [0, 0.05) is 20.0 Å². The molecule has 0 saturated carbocycles. The van der Waals surface area contributed by atoms with E-state index in [1.165, 1.54) is 11.1 Å². The van der Waals surface area contributed by atoms with Crippen LogP contribution in [0.3, 0.4) is 0 Å². The van der Waals surface area contributed by atoms with Crippen molar-refractivity contribution in [1.29, 1.82) is 0 Å². The van der Waals surface area contributed by atoms with Crippen molar-refractivity contribution < 1.29 is 4.79 Å². The number of thiol groups is 1.